The summed E-state index contributed by atoms with van der Waals surface area (Å²) in [7, 11) is 1.49. The molecule has 0 fully saturated rings. The van der Waals surface area contributed by atoms with Gasteiger partial charge in [-0.25, -0.2) is 0 Å². The monoisotopic (exact) mass is 243 g/mol. The van der Waals surface area contributed by atoms with Crippen molar-refractivity contribution in [2.45, 2.75) is 6.42 Å². The fourth-order valence-electron chi connectivity index (χ4n) is 1.23. The number of methoxy groups -OCH3 is 1. The van der Waals surface area contributed by atoms with Crippen LogP contribution in [0.4, 0.5) is 0 Å². The zero-order valence-electron chi connectivity index (χ0n) is 9.00. The lowest BCUT2D eigenvalue weighted by Gasteiger charge is -2.09. The predicted molar refractivity (Wildman–Crippen MR) is 62.0 cm³/mol. The number of hydrogen-bond acceptors (Lipinski definition) is 3. The van der Waals surface area contributed by atoms with Crippen molar-refractivity contribution in [2.24, 2.45) is 0 Å². The Morgan fingerprint density at radius 2 is 2.31 bits per heavy atom. The largest absolute Gasteiger partial charge is 0.496 e. The average molecular weight is 244 g/mol. The number of rotatable bonds is 5. The van der Waals surface area contributed by atoms with Gasteiger partial charge in [0.25, 0.3) is 5.91 Å². The van der Waals surface area contributed by atoms with E-state index in [0.717, 1.165) is 0 Å². The molecule has 0 saturated heterocycles. The molecule has 0 bridgehead atoms. The highest BCUT2D eigenvalue weighted by Crippen LogP contribution is 2.22. The maximum absolute atomic E-state index is 11.7. The zero-order valence-corrected chi connectivity index (χ0v) is 9.75. The summed E-state index contributed by atoms with van der Waals surface area (Å²) >= 11 is 5.80. The molecule has 1 amide bonds. The maximum atomic E-state index is 11.7. The minimum atomic E-state index is -0.257. The second kappa shape index (κ2) is 6.35. The summed E-state index contributed by atoms with van der Waals surface area (Å²) in [5.74, 6) is 0.221. The van der Waals surface area contributed by atoms with E-state index in [1.54, 1.807) is 18.2 Å². The van der Waals surface area contributed by atoms with Crippen LogP contribution in [0.1, 0.15) is 16.8 Å². The highest BCUT2D eigenvalue weighted by atomic mass is 35.5. The molecule has 0 aromatic heterocycles. The van der Waals surface area contributed by atoms with Crippen molar-refractivity contribution in [1.29, 1.82) is 0 Å². The summed E-state index contributed by atoms with van der Waals surface area (Å²) in [6.07, 6.45) is 0.522. The summed E-state index contributed by atoms with van der Waals surface area (Å²) in [5.41, 5.74) is 0.396. The van der Waals surface area contributed by atoms with E-state index in [1.165, 1.54) is 7.11 Å². The lowest BCUT2D eigenvalue weighted by molar-refractivity contribution is 0.0948. The lowest BCUT2D eigenvalue weighted by atomic mass is 10.2. The molecule has 0 aliphatic heterocycles. The minimum Gasteiger partial charge on any atom is -0.496 e. The molecule has 0 heterocycles. The first-order valence-electron chi connectivity index (χ1n) is 4.91. The number of carbonyl (C=O) groups excluding carboxylic acids is 1. The van der Waals surface area contributed by atoms with Crippen LogP contribution < -0.4 is 10.1 Å². The molecule has 1 aromatic carbocycles. The molecule has 0 aliphatic rings. The molecular weight excluding hydrogens is 230 g/mol. The van der Waals surface area contributed by atoms with Crippen molar-refractivity contribution in [1.82, 2.24) is 5.32 Å². The fraction of sp³-hybridized carbons (Fsp3) is 0.364. The zero-order chi connectivity index (χ0) is 12.0. The molecule has 0 aliphatic carbocycles. The highest BCUT2D eigenvalue weighted by Gasteiger charge is 2.11. The molecule has 0 spiro atoms. The van der Waals surface area contributed by atoms with Gasteiger partial charge in [-0.3, -0.25) is 4.79 Å². The van der Waals surface area contributed by atoms with Crippen molar-refractivity contribution in [3.63, 3.8) is 0 Å². The van der Waals surface area contributed by atoms with E-state index in [2.05, 4.69) is 5.32 Å². The Kier molecular flexibility index (Phi) is 5.08. The predicted octanol–water partition coefficient (Wildman–Crippen LogP) is 1.46. The molecule has 5 heteroatoms. The number of aliphatic hydroxyl groups is 1. The normalized spacial score (nSPS) is 9.94. The number of nitrogens with one attached hydrogen (secondary N) is 1. The molecule has 16 heavy (non-hydrogen) atoms. The van der Waals surface area contributed by atoms with Crippen molar-refractivity contribution >= 4 is 17.5 Å². The second-order valence-corrected chi connectivity index (χ2v) is 3.61. The lowest BCUT2D eigenvalue weighted by Crippen LogP contribution is -2.25. The third-order valence-electron chi connectivity index (χ3n) is 2.03. The maximum Gasteiger partial charge on any atom is 0.255 e. The Labute approximate surface area is 99.2 Å². The number of amides is 1. The number of ether oxygens (including phenoxy) is 1. The third kappa shape index (κ3) is 3.40. The number of carbonyl (C=O) groups is 1. The van der Waals surface area contributed by atoms with Crippen LogP contribution in [0.25, 0.3) is 0 Å². The average Bonchev–Trinajstić information content (AvgIpc) is 2.29. The number of halogens is 1. The molecule has 4 nitrogen and oxygen atoms in total. The van der Waals surface area contributed by atoms with Gasteiger partial charge in [-0.15, -0.1) is 0 Å². The molecule has 0 saturated carbocycles. The summed E-state index contributed by atoms with van der Waals surface area (Å²) < 4.78 is 5.06. The van der Waals surface area contributed by atoms with Crippen LogP contribution in [0.3, 0.4) is 0 Å². The van der Waals surface area contributed by atoms with Crippen molar-refractivity contribution in [2.75, 3.05) is 20.3 Å². The van der Waals surface area contributed by atoms with Gasteiger partial charge in [-0.2, -0.15) is 0 Å². The standard InChI is InChI=1S/C11H14ClNO3/c1-16-10-4-3-8(12)7-9(10)11(15)13-5-2-6-14/h3-4,7,14H,2,5-6H2,1H3,(H,13,15). The summed E-state index contributed by atoms with van der Waals surface area (Å²) in [4.78, 5) is 11.7. The molecule has 1 aromatic rings. The summed E-state index contributed by atoms with van der Waals surface area (Å²) in [5, 5.41) is 11.7. The van der Waals surface area contributed by atoms with Gasteiger partial charge in [0.1, 0.15) is 5.75 Å². The number of aliphatic hydroxyl groups excluding tert-OH is 1. The first kappa shape index (κ1) is 12.8. The van der Waals surface area contributed by atoms with Gasteiger partial charge in [0.15, 0.2) is 0 Å². The van der Waals surface area contributed by atoms with Crippen LogP contribution in [0, 0.1) is 0 Å². The first-order chi connectivity index (χ1) is 7.69. The van der Waals surface area contributed by atoms with Gasteiger partial charge in [0.2, 0.25) is 0 Å². The van der Waals surface area contributed by atoms with E-state index in [0.29, 0.717) is 29.3 Å². The van der Waals surface area contributed by atoms with Gasteiger partial charge in [0.05, 0.1) is 12.7 Å². The van der Waals surface area contributed by atoms with E-state index < -0.39 is 0 Å². The van der Waals surface area contributed by atoms with Gasteiger partial charge in [0, 0.05) is 18.2 Å². The number of benzene rings is 1. The summed E-state index contributed by atoms with van der Waals surface area (Å²) in [6.45, 7) is 0.470. The molecule has 2 N–H and O–H groups in total. The van der Waals surface area contributed by atoms with Crippen molar-refractivity contribution in [3.8, 4) is 5.75 Å². The minimum absolute atomic E-state index is 0.0486. The topological polar surface area (TPSA) is 58.6 Å². The first-order valence-corrected chi connectivity index (χ1v) is 5.29. The van der Waals surface area contributed by atoms with Crippen LogP contribution in [0.5, 0.6) is 5.75 Å². The fourth-order valence-corrected chi connectivity index (χ4v) is 1.41. The Hall–Kier alpha value is -1.26. The van der Waals surface area contributed by atoms with E-state index in [9.17, 15) is 4.79 Å². The molecular formula is C11H14ClNO3. The third-order valence-corrected chi connectivity index (χ3v) is 2.26. The SMILES string of the molecule is COc1ccc(Cl)cc1C(=O)NCCCO. The van der Waals surface area contributed by atoms with Crippen molar-refractivity contribution in [3.05, 3.63) is 28.8 Å². The van der Waals surface area contributed by atoms with Crippen LogP contribution in [0.2, 0.25) is 5.02 Å². The van der Waals surface area contributed by atoms with Gasteiger partial charge < -0.3 is 15.2 Å². The van der Waals surface area contributed by atoms with Crippen LogP contribution >= 0.6 is 11.6 Å². The Morgan fingerprint density at radius 3 is 2.94 bits per heavy atom. The second-order valence-electron chi connectivity index (χ2n) is 3.18. The molecule has 0 radical (unpaired) electrons. The van der Waals surface area contributed by atoms with E-state index >= 15 is 0 Å². The van der Waals surface area contributed by atoms with Gasteiger partial charge in [-0.05, 0) is 24.6 Å². The van der Waals surface area contributed by atoms with Crippen LogP contribution in [-0.4, -0.2) is 31.3 Å². The van der Waals surface area contributed by atoms with E-state index in [-0.39, 0.29) is 12.5 Å². The molecule has 0 unspecified atom stereocenters. The number of hydrogen-bond donors (Lipinski definition) is 2. The molecule has 1 rings (SSSR count). The summed E-state index contributed by atoms with van der Waals surface area (Å²) in [6, 6.07) is 4.85. The Morgan fingerprint density at radius 1 is 1.56 bits per heavy atom. The van der Waals surface area contributed by atoms with Crippen molar-refractivity contribution < 1.29 is 14.6 Å². The smallest absolute Gasteiger partial charge is 0.255 e. The van der Waals surface area contributed by atoms with Crippen LogP contribution in [-0.2, 0) is 0 Å². The molecule has 88 valence electrons. The van der Waals surface area contributed by atoms with E-state index in [1.807, 2.05) is 0 Å². The quantitative estimate of drug-likeness (QED) is 0.770. The van der Waals surface area contributed by atoms with Gasteiger partial charge in [-0.1, -0.05) is 11.6 Å². The highest BCUT2D eigenvalue weighted by molar-refractivity contribution is 6.31. The van der Waals surface area contributed by atoms with E-state index in [4.69, 9.17) is 21.4 Å². The van der Waals surface area contributed by atoms with Crippen LogP contribution in [0.15, 0.2) is 18.2 Å². The Balaban J connectivity index is 2.76. The molecule has 0 atom stereocenters. The van der Waals surface area contributed by atoms with Gasteiger partial charge >= 0.3 is 0 Å². The Bertz CT molecular complexity index is 368.